The van der Waals surface area contributed by atoms with Gasteiger partial charge in [-0.1, -0.05) is 12.1 Å². The van der Waals surface area contributed by atoms with E-state index in [9.17, 15) is 14.0 Å². The Morgan fingerprint density at radius 3 is 2.47 bits per heavy atom. The highest BCUT2D eigenvalue weighted by molar-refractivity contribution is 6.18. The molecular formula is C27H34Cl2FN5O3. The highest BCUT2D eigenvalue weighted by atomic mass is 35.5. The van der Waals surface area contributed by atoms with Crippen molar-refractivity contribution in [3.05, 3.63) is 59.7 Å². The number of benzene rings is 2. The largest absolute Gasteiger partial charge is 0.464 e. The zero-order valence-electron chi connectivity index (χ0n) is 21.6. The van der Waals surface area contributed by atoms with Crippen molar-refractivity contribution in [3.8, 4) is 0 Å². The van der Waals surface area contributed by atoms with Crippen molar-refractivity contribution in [2.75, 3.05) is 36.4 Å². The number of rotatable bonds is 14. The van der Waals surface area contributed by atoms with Gasteiger partial charge in [0, 0.05) is 44.0 Å². The van der Waals surface area contributed by atoms with Crippen LogP contribution in [0.2, 0.25) is 0 Å². The predicted octanol–water partition coefficient (Wildman–Crippen LogP) is 3.55. The minimum Gasteiger partial charge on any atom is -0.464 e. The Balaban J connectivity index is 1.72. The maximum atomic E-state index is 13.2. The maximum absolute atomic E-state index is 13.2. The van der Waals surface area contributed by atoms with Crippen molar-refractivity contribution in [2.24, 2.45) is 12.8 Å². The van der Waals surface area contributed by atoms with E-state index in [0.29, 0.717) is 31.3 Å². The molecule has 2 aromatic carbocycles. The second-order valence-corrected chi connectivity index (χ2v) is 9.67. The van der Waals surface area contributed by atoms with Crippen LogP contribution in [0.15, 0.2) is 42.5 Å². The number of alkyl halides is 2. The normalized spacial score (nSPS) is 12.8. The summed E-state index contributed by atoms with van der Waals surface area (Å²) in [6.45, 7) is 3.23. The van der Waals surface area contributed by atoms with Crippen molar-refractivity contribution >= 4 is 51.8 Å². The van der Waals surface area contributed by atoms with E-state index in [0.717, 1.165) is 28.1 Å². The van der Waals surface area contributed by atoms with Gasteiger partial charge < -0.3 is 25.3 Å². The van der Waals surface area contributed by atoms with Gasteiger partial charge in [-0.15, -0.1) is 23.2 Å². The lowest BCUT2D eigenvalue weighted by atomic mass is 10.0. The molecule has 0 spiro atoms. The number of aryl methyl sites for hydroxylation is 2. The van der Waals surface area contributed by atoms with Gasteiger partial charge in [0.2, 0.25) is 5.91 Å². The number of ether oxygens (including phenoxy) is 1. The minimum atomic E-state index is -0.907. The molecule has 1 amide bonds. The van der Waals surface area contributed by atoms with Crippen molar-refractivity contribution < 1.29 is 18.7 Å². The number of esters is 1. The van der Waals surface area contributed by atoms with E-state index in [1.54, 1.807) is 19.1 Å². The molecule has 38 heavy (non-hydrogen) atoms. The van der Waals surface area contributed by atoms with E-state index in [4.69, 9.17) is 38.7 Å². The standard InChI is InChI=1S/C27H34Cl2FN5O3/c1-3-38-27(37)22(33-26(36)21(31)16-18-4-6-19(30)7-5-18)9-11-25-32-23-17-20(8-10-24(23)34(25)2)35(14-12-28)15-13-29/h4-8,10,17,21-22H,3,9,11-16,31H2,1-2H3,(H,33,36). The Kier molecular flexibility index (Phi) is 11.2. The fourth-order valence-corrected chi connectivity index (χ4v) is 4.65. The number of nitrogens with zero attached hydrogens (tertiary/aromatic N) is 3. The lowest BCUT2D eigenvalue weighted by Crippen LogP contribution is -2.49. The molecule has 1 heterocycles. The molecule has 206 valence electrons. The Labute approximate surface area is 232 Å². The van der Waals surface area contributed by atoms with Crippen LogP contribution < -0.4 is 16.0 Å². The first-order valence-electron chi connectivity index (χ1n) is 12.6. The number of aromatic nitrogens is 2. The maximum Gasteiger partial charge on any atom is 0.328 e. The Morgan fingerprint density at radius 2 is 1.84 bits per heavy atom. The average Bonchev–Trinajstić information content (AvgIpc) is 3.22. The van der Waals surface area contributed by atoms with Gasteiger partial charge >= 0.3 is 5.97 Å². The molecule has 1 aromatic heterocycles. The molecule has 3 aromatic rings. The molecule has 0 fully saturated rings. The number of imidazole rings is 1. The van der Waals surface area contributed by atoms with Gasteiger partial charge in [0.15, 0.2) is 0 Å². The zero-order chi connectivity index (χ0) is 27.7. The van der Waals surface area contributed by atoms with Crippen molar-refractivity contribution in [3.63, 3.8) is 0 Å². The lowest BCUT2D eigenvalue weighted by molar-refractivity contribution is -0.147. The number of nitrogens with two attached hydrogens (primary N) is 1. The second-order valence-electron chi connectivity index (χ2n) is 8.91. The van der Waals surface area contributed by atoms with E-state index in [2.05, 4.69) is 10.2 Å². The number of hydrogen-bond acceptors (Lipinski definition) is 6. The van der Waals surface area contributed by atoms with Crippen LogP contribution in [-0.4, -0.2) is 65.0 Å². The first-order chi connectivity index (χ1) is 18.3. The summed E-state index contributed by atoms with van der Waals surface area (Å²) >= 11 is 11.9. The summed E-state index contributed by atoms with van der Waals surface area (Å²) in [5.41, 5.74) is 9.53. The van der Waals surface area contributed by atoms with Gasteiger partial charge in [0.25, 0.3) is 0 Å². The quantitative estimate of drug-likeness (QED) is 0.229. The molecule has 0 aliphatic heterocycles. The van der Waals surface area contributed by atoms with Crippen molar-refractivity contribution in [1.82, 2.24) is 14.9 Å². The third kappa shape index (κ3) is 7.82. The first-order valence-corrected chi connectivity index (χ1v) is 13.6. The zero-order valence-corrected chi connectivity index (χ0v) is 23.1. The van der Waals surface area contributed by atoms with Crippen LogP contribution >= 0.6 is 23.2 Å². The van der Waals surface area contributed by atoms with Crippen LogP contribution in [-0.2, 0) is 34.2 Å². The minimum absolute atomic E-state index is 0.184. The summed E-state index contributed by atoms with van der Waals surface area (Å²) in [6.07, 6.45) is 0.909. The SMILES string of the molecule is CCOC(=O)C(CCc1nc2cc(N(CCCl)CCCl)ccc2n1C)NC(=O)C(N)Cc1ccc(F)cc1. The second kappa shape index (κ2) is 14.3. The fourth-order valence-electron chi connectivity index (χ4n) is 4.24. The molecule has 2 atom stereocenters. The number of carbonyl (C=O) groups is 2. The first kappa shape index (κ1) is 29.7. The van der Waals surface area contributed by atoms with Crippen LogP contribution in [0.25, 0.3) is 11.0 Å². The van der Waals surface area contributed by atoms with E-state index in [1.807, 2.05) is 29.8 Å². The fraction of sp³-hybridized carbons (Fsp3) is 0.444. The summed E-state index contributed by atoms with van der Waals surface area (Å²) in [4.78, 5) is 32.3. The molecule has 0 radical (unpaired) electrons. The third-order valence-corrected chi connectivity index (χ3v) is 6.62. The van der Waals surface area contributed by atoms with Crippen LogP contribution in [0.1, 0.15) is 24.7 Å². The summed E-state index contributed by atoms with van der Waals surface area (Å²) in [7, 11) is 1.91. The van der Waals surface area contributed by atoms with Crippen LogP contribution in [0.5, 0.6) is 0 Å². The van der Waals surface area contributed by atoms with Gasteiger partial charge in [-0.3, -0.25) is 4.79 Å². The van der Waals surface area contributed by atoms with E-state index < -0.39 is 24.0 Å². The number of nitrogens with one attached hydrogen (secondary N) is 1. The number of anilines is 1. The van der Waals surface area contributed by atoms with E-state index in [-0.39, 0.29) is 25.3 Å². The Morgan fingerprint density at radius 1 is 1.16 bits per heavy atom. The van der Waals surface area contributed by atoms with Gasteiger partial charge in [0.05, 0.1) is 23.7 Å². The number of hydrogen-bond donors (Lipinski definition) is 2. The average molecular weight is 567 g/mol. The van der Waals surface area contributed by atoms with Gasteiger partial charge in [-0.05, 0) is 55.7 Å². The monoisotopic (exact) mass is 565 g/mol. The highest BCUT2D eigenvalue weighted by Gasteiger charge is 2.26. The van der Waals surface area contributed by atoms with Gasteiger partial charge in [-0.25, -0.2) is 14.2 Å². The summed E-state index contributed by atoms with van der Waals surface area (Å²) in [5, 5.41) is 2.73. The van der Waals surface area contributed by atoms with Crippen molar-refractivity contribution in [1.29, 1.82) is 0 Å². The summed E-state index contributed by atoms with van der Waals surface area (Å²) in [5.74, 6) is 0.343. The van der Waals surface area contributed by atoms with E-state index >= 15 is 0 Å². The molecule has 0 bridgehead atoms. The van der Waals surface area contributed by atoms with Crippen LogP contribution in [0.3, 0.4) is 0 Å². The van der Waals surface area contributed by atoms with Crippen LogP contribution in [0.4, 0.5) is 10.1 Å². The Hall–Kier alpha value is -2.88. The van der Waals surface area contributed by atoms with Gasteiger partial charge in [0.1, 0.15) is 17.7 Å². The molecule has 3 N–H and O–H groups in total. The Bertz CT molecular complexity index is 1220. The summed E-state index contributed by atoms with van der Waals surface area (Å²) in [6, 6.07) is 9.99. The molecule has 11 heteroatoms. The molecule has 8 nitrogen and oxygen atoms in total. The number of carbonyl (C=O) groups excluding carboxylic acids is 2. The molecular weight excluding hydrogens is 532 g/mol. The smallest absolute Gasteiger partial charge is 0.328 e. The number of amides is 1. The highest BCUT2D eigenvalue weighted by Crippen LogP contribution is 2.23. The summed E-state index contributed by atoms with van der Waals surface area (Å²) < 4.78 is 20.3. The molecule has 0 saturated heterocycles. The number of fused-ring (bicyclic) bond motifs is 1. The molecule has 3 rings (SSSR count). The van der Waals surface area contributed by atoms with E-state index in [1.165, 1.54) is 12.1 Å². The molecule has 0 aliphatic rings. The molecule has 2 unspecified atom stereocenters. The molecule has 0 saturated carbocycles. The number of halogens is 3. The predicted molar refractivity (Wildman–Crippen MR) is 149 cm³/mol. The van der Waals surface area contributed by atoms with Crippen LogP contribution in [0, 0.1) is 5.82 Å². The third-order valence-electron chi connectivity index (χ3n) is 6.28. The van der Waals surface area contributed by atoms with Gasteiger partial charge in [-0.2, -0.15) is 0 Å². The molecule has 0 aliphatic carbocycles. The topological polar surface area (TPSA) is 102 Å². The lowest BCUT2D eigenvalue weighted by Gasteiger charge is -2.22. The van der Waals surface area contributed by atoms with Crippen molar-refractivity contribution in [2.45, 2.75) is 38.3 Å².